The van der Waals surface area contributed by atoms with Crippen molar-refractivity contribution < 1.29 is 4.74 Å². The van der Waals surface area contributed by atoms with E-state index in [1.165, 1.54) is 0 Å². The van der Waals surface area contributed by atoms with Gasteiger partial charge in [0.05, 0.1) is 19.3 Å². The fraction of sp³-hybridized carbons (Fsp3) is 0.400. The first kappa shape index (κ1) is 15.1. The van der Waals surface area contributed by atoms with Crippen LogP contribution in [0.1, 0.15) is 36.2 Å². The van der Waals surface area contributed by atoms with Crippen LogP contribution in [0.25, 0.3) is 0 Å². The van der Waals surface area contributed by atoms with E-state index in [-0.39, 0.29) is 6.04 Å². The van der Waals surface area contributed by atoms with Gasteiger partial charge in [-0.1, -0.05) is 35.0 Å². The normalized spacial score (nSPS) is 12.4. The molecule has 2 aromatic rings. The molecule has 0 amide bonds. The third-order valence-electron chi connectivity index (χ3n) is 3.44. The highest BCUT2D eigenvalue weighted by Gasteiger charge is 2.21. The van der Waals surface area contributed by atoms with Gasteiger partial charge in [-0.2, -0.15) is 5.10 Å². The molecule has 5 heteroatoms. The van der Waals surface area contributed by atoms with Gasteiger partial charge in [-0.3, -0.25) is 4.68 Å². The van der Waals surface area contributed by atoms with E-state index < -0.39 is 0 Å². The Hall–Kier alpha value is -1.33. The molecule has 1 heterocycles. The Labute approximate surface area is 128 Å². The maximum absolute atomic E-state index is 6.48. The van der Waals surface area contributed by atoms with Crippen molar-refractivity contribution in [1.29, 1.82) is 0 Å². The van der Waals surface area contributed by atoms with E-state index in [0.717, 1.165) is 40.0 Å². The molecule has 0 saturated carbocycles. The molecular weight excluding hydrogens is 318 g/mol. The predicted molar refractivity (Wildman–Crippen MR) is 84.0 cm³/mol. The molecule has 1 aromatic heterocycles. The molecule has 0 spiro atoms. The first-order valence-electron chi connectivity index (χ1n) is 6.70. The number of nitrogens with zero attached hydrogens (tertiary/aromatic N) is 2. The van der Waals surface area contributed by atoms with E-state index >= 15 is 0 Å². The van der Waals surface area contributed by atoms with Crippen molar-refractivity contribution in [2.45, 2.75) is 32.9 Å². The summed E-state index contributed by atoms with van der Waals surface area (Å²) < 4.78 is 8.41. The standard InChI is InChI=1S/C15H20BrN3O/c1-4-8-19-15(13(20-3)9-18-19)14(17)11-6-5-7-12(16)10(11)2/h5-7,9,14H,4,8,17H2,1-3H3. The van der Waals surface area contributed by atoms with Gasteiger partial charge in [0, 0.05) is 11.0 Å². The fourth-order valence-corrected chi connectivity index (χ4v) is 2.73. The van der Waals surface area contributed by atoms with Crippen molar-refractivity contribution in [2.75, 3.05) is 7.11 Å². The summed E-state index contributed by atoms with van der Waals surface area (Å²) in [5, 5.41) is 4.38. The van der Waals surface area contributed by atoms with Crippen LogP contribution in [0.5, 0.6) is 5.75 Å². The van der Waals surface area contributed by atoms with Crippen LogP contribution in [0.2, 0.25) is 0 Å². The number of nitrogens with two attached hydrogens (primary N) is 1. The summed E-state index contributed by atoms with van der Waals surface area (Å²) in [6, 6.07) is 5.82. The van der Waals surface area contributed by atoms with E-state index in [1.807, 2.05) is 22.9 Å². The Balaban J connectivity index is 2.49. The summed E-state index contributed by atoms with van der Waals surface area (Å²) in [7, 11) is 1.65. The van der Waals surface area contributed by atoms with Crippen molar-refractivity contribution in [1.82, 2.24) is 9.78 Å². The van der Waals surface area contributed by atoms with Crippen molar-refractivity contribution in [3.63, 3.8) is 0 Å². The minimum Gasteiger partial charge on any atom is -0.493 e. The van der Waals surface area contributed by atoms with Crippen LogP contribution in [0.15, 0.2) is 28.9 Å². The highest BCUT2D eigenvalue weighted by atomic mass is 79.9. The third-order valence-corrected chi connectivity index (χ3v) is 4.30. The average molecular weight is 338 g/mol. The number of rotatable bonds is 5. The zero-order valence-electron chi connectivity index (χ0n) is 12.1. The second-order valence-corrected chi connectivity index (χ2v) is 5.61. The van der Waals surface area contributed by atoms with Crippen LogP contribution < -0.4 is 10.5 Å². The van der Waals surface area contributed by atoms with Gasteiger partial charge < -0.3 is 10.5 Å². The van der Waals surface area contributed by atoms with Gasteiger partial charge in [-0.25, -0.2) is 0 Å². The van der Waals surface area contributed by atoms with Crippen molar-refractivity contribution in [2.24, 2.45) is 5.73 Å². The van der Waals surface area contributed by atoms with Crippen LogP contribution in [0.3, 0.4) is 0 Å². The van der Waals surface area contributed by atoms with E-state index in [0.29, 0.717) is 0 Å². The number of benzene rings is 1. The molecule has 20 heavy (non-hydrogen) atoms. The SMILES string of the molecule is CCCn1ncc(OC)c1C(N)c1cccc(Br)c1C. The van der Waals surface area contributed by atoms with Gasteiger partial charge in [0.15, 0.2) is 5.75 Å². The highest BCUT2D eigenvalue weighted by Crippen LogP contribution is 2.32. The second kappa shape index (κ2) is 6.41. The van der Waals surface area contributed by atoms with Gasteiger partial charge in [0.2, 0.25) is 0 Å². The molecular formula is C15H20BrN3O. The molecule has 0 fully saturated rings. The molecule has 2 N–H and O–H groups in total. The molecule has 4 nitrogen and oxygen atoms in total. The van der Waals surface area contributed by atoms with E-state index in [2.05, 4.69) is 34.9 Å². The predicted octanol–water partition coefficient (Wildman–Crippen LogP) is 3.42. The van der Waals surface area contributed by atoms with E-state index in [9.17, 15) is 0 Å². The number of aromatic nitrogens is 2. The molecule has 1 aromatic carbocycles. The maximum atomic E-state index is 6.48. The molecule has 0 aliphatic carbocycles. The van der Waals surface area contributed by atoms with Crippen molar-refractivity contribution in [3.05, 3.63) is 45.7 Å². The minimum atomic E-state index is -0.253. The summed E-state index contributed by atoms with van der Waals surface area (Å²) in [5.74, 6) is 0.741. The van der Waals surface area contributed by atoms with E-state index in [4.69, 9.17) is 10.5 Å². The Kier molecular flexibility index (Phi) is 4.83. The molecule has 2 rings (SSSR count). The summed E-state index contributed by atoms with van der Waals surface area (Å²) in [6.45, 7) is 5.01. The van der Waals surface area contributed by atoms with Gasteiger partial charge in [-0.05, 0) is 30.5 Å². The van der Waals surface area contributed by atoms with Crippen molar-refractivity contribution >= 4 is 15.9 Å². The lowest BCUT2D eigenvalue weighted by atomic mass is 9.99. The minimum absolute atomic E-state index is 0.253. The van der Waals surface area contributed by atoms with Crippen LogP contribution in [-0.4, -0.2) is 16.9 Å². The molecule has 0 radical (unpaired) electrons. The number of hydrogen-bond donors (Lipinski definition) is 1. The summed E-state index contributed by atoms with van der Waals surface area (Å²) in [5.41, 5.74) is 9.63. The van der Waals surface area contributed by atoms with Gasteiger partial charge in [0.25, 0.3) is 0 Å². The quantitative estimate of drug-likeness (QED) is 0.909. The first-order chi connectivity index (χ1) is 9.60. The Morgan fingerprint density at radius 1 is 1.45 bits per heavy atom. The van der Waals surface area contributed by atoms with Crippen LogP contribution in [0.4, 0.5) is 0 Å². The largest absolute Gasteiger partial charge is 0.493 e. The van der Waals surface area contributed by atoms with Gasteiger partial charge in [0.1, 0.15) is 5.69 Å². The Bertz CT molecular complexity index is 595. The third kappa shape index (κ3) is 2.74. The summed E-state index contributed by atoms with van der Waals surface area (Å²) in [6.07, 6.45) is 2.74. The number of hydrogen-bond acceptors (Lipinski definition) is 3. The summed E-state index contributed by atoms with van der Waals surface area (Å²) >= 11 is 3.55. The average Bonchev–Trinajstić information content (AvgIpc) is 2.84. The fourth-order valence-electron chi connectivity index (χ4n) is 2.35. The number of aryl methyl sites for hydroxylation is 1. The number of methoxy groups -OCH3 is 1. The molecule has 0 aliphatic heterocycles. The molecule has 0 aliphatic rings. The second-order valence-electron chi connectivity index (χ2n) is 4.75. The number of ether oxygens (including phenoxy) is 1. The van der Waals surface area contributed by atoms with Gasteiger partial charge >= 0.3 is 0 Å². The molecule has 1 unspecified atom stereocenters. The summed E-state index contributed by atoms with van der Waals surface area (Å²) in [4.78, 5) is 0. The van der Waals surface area contributed by atoms with Crippen LogP contribution in [-0.2, 0) is 6.54 Å². The zero-order chi connectivity index (χ0) is 14.7. The monoisotopic (exact) mass is 337 g/mol. The van der Waals surface area contributed by atoms with Gasteiger partial charge in [-0.15, -0.1) is 0 Å². The first-order valence-corrected chi connectivity index (χ1v) is 7.49. The lowest BCUT2D eigenvalue weighted by molar-refractivity contribution is 0.404. The Morgan fingerprint density at radius 3 is 2.85 bits per heavy atom. The molecule has 0 saturated heterocycles. The van der Waals surface area contributed by atoms with Crippen LogP contribution in [0, 0.1) is 6.92 Å². The lowest BCUT2D eigenvalue weighted by Gasteiger charge is -2.18. The Morgan fingerprint density at radius 2 is 2.20 bits per heavy atom. The molecule has 0 bridgehead atoms. The van der Waals surface area contributed by atoms with Crippen LogP contribution >= 0.6 is 15.9 Å². The lowest BCUT2D eigenvalue weighted by Crippen LogP contribution is -2.19. The topological polar surface area (TPSA) is 53.1 Å². The molecule has 1 atom stereocenters. The zero-order valence-corrected chi connectivity index (χ0v) is 13.6. The molecule has 108 valence electrons. The maximum Gasteiger partial charge on any atom is 0.161 e. The van der Waals surface area contributed by atoms with Crippen molar-refractivity contribution in [3.8, 4) is 5.75 Å². The van der Waals surface area contributed by atoms with E-state index in [1.54, 1.807) is 13.3 Å². The number of halogens is 1. The smallest absolute Gasteiger partial charge is 0.161 e. The highest BCUT2D eigenvalue weighted by molar-refractivity contribution is 9.10.